The highest BCUT2D eigenvalue weighted by Gasteiger charge is 2.13. The van der Waals surface area contributed by atoms with Crippen molar-refractivity contribution in [2.45, 2.75) is 19.4 Å². The van der Waals surface area contributed by atoms with Gasteiger partial charge in [-0.05, 0) is 50.5 Å². The molecular formula is C14H20Cl4N2O-2. The minimum absolute atomic E-state index is 0. The van der Waals surface area contributed by atoms with E-state index >= 15 is 0 Å². The van der Waals surface area contributed by atoms with Crippen molar-refractivity contribution in [3.63, 3.8) is 0 Å². The van der Waals surface area contributed by atoms with Crippen LogP contribution < -0.4 is 40.2 Å². The van der Waals surface area contributed by atoms with Gasteiger partial charge in [-0.15, -0.1) is 0 Å². The first-order valence-corrected chi connectivity index (χ1v) is 7.39. The van der Waals surface area contributed by atoms with Crippen molar-refractivity contribution < 1.29 is 29.6 Å². The summed E-state index contributed by atoms with van der Waals surface area (Å²) in [5.41, 5.74) is 1.01. The van der Waals surface area contributed by atoms with Crippen LogP contribution >= 0.6 is 23.2 Å². The SMILES string of the molecule is COc1c(Cl)cc(Cl)cc1CNCC1CCNCC1.[Cl-].[Cl-]. The summed E-state index contributed by atoms with van der Waals surface area (Å²) in [5.74, 6) is 1.46. The molecule has 1 heterocycles. The van der Waals surface area contributed by atoms with Crippen molar-refractivity contribution in [1.82, 2.24) is 10.6 Å². The van der Waals surface area contributed by atoms with Gasteiger partial charge in [0, 0.05) is 17.1 Å². The van der Waals surface area contributed by atoms with Crippen molar-refractivity contribution in [2.75, 3.05) is 26.7 Å². The second-order valence-electron chi connectivity index (χ2n) is 4.90. The molecule has 0 aromatic heterocycles. The summed E-state index contributed by atoms with van der Waals surface area (Å²) in [4.78, 5) is 0. The van der Waals surface area contributed by atoms with E-state index in [2.05, 4.69) is 10.6 Å². The Morgan fingerprint density at radius 2 is 1.90 bits per heavy atom. The molecule has 0 amide bonds. The van der Waals surface area contributed by atoms with Gasteiger partial charge in [0.2, 0.25) is 0 Å². The lowest BCUT2D eigenvalue weighted by Gasteiger charge is -2.23. The van der Waals surface area contributed by atoms with E-state index in [1.165, 1.54) is 12.8 Å². The Morgan fingerprint density at radius 1 is 1.24 bits per heavy atom. The Balaban J connectivity index is 0.00000200. The maximum atomic E-state index is 6.12. The van der Waals surface area contributed by atoms with E-state index < -0.39 is 0 Å². The number of methoxy groups -OCH3 is 1. The molecule has 0 unspecified atom stereocenters. The highest BCUT2D eigenvalue weighted by atomic mass is 35.5. The summed E-state index contributed by atoms with van der Waals surface area (Å²) in [6.07, 6.45) is 2.47. The number of ether oxygens (including phenoxy) is 1. The zero-order valence-corrected chi connectivity index (χ0v) is 14.9. The maximum Gasteiger partial charge on any atom is 0.142 e. The van der Waals surface area contributed by atoms with Gasteiger partial charge in [-0.1, -0.05) is 23.2 Å². The topological polar surface area (TPSA) is 33.3 Å². The van der Waals surface area contributed by atoms with Crippen molar-refractivity contribution in [3.05, 3.63) is 27.7 Å². The second-order valence-corrected chi connectivity index (χ2v) is 5.75. The number of piperidine rings is 1. The Kier molecular flexibility index (Phi) is 10.8. The highest BCUT2D eigenvalue weighted by Crippen LogP contribution is 2.32. The summed E-state index contributed by atoms with van der Waals surface area (Å²) in [7, 11) is 1.63. The highest BCUT2D eigenvalue weighted by molar-refractivity contribution is 6.35. The Labute approximate surface area is 148 Å². The molecule has 0 radical (unpaired) electrons. The predicted octanol–water partition coefficient (Wildman–Crippen LogP) is -2.90. The van der Waals surface area contributed by atoms with Crippen molar-refractivity contribution in [2.24, 2.45) is 5.92 Å². The van der Waals surface area contributed by atoms with Crippen molar-refractivity contribution >= 4 is 23.2 Å². The molecule has 1 aromatic carbocycles. The molecular weight excluding hydrogens is 354 g/mol. The number of hydrogen-bond acceptors (Lipinski definition) is 3. The van der Waals surface area contributed by atoms with Gasteiger partial charge in [-0.25, -0.2) is 0 Å². The van der Waals surface area contributed by atoms with Crippen molar-refractivity contribution in [1.29, 1.82) is 0 Å². The third kappa shape index (κ3) is 6.39. The van der Waals surface area contributed by atoms with Crippen LogP contribution in [0.1, 0.15) is 18.4 Å². The molecule has 0 atom stereocenters. The smallest absolute Gasteiger partial charge is 0.142 e. The standard InChI is InChI=1S/C14H20Cl2N2O.2ClH/c1-19-14-11(6-12(15)7-13(14)16)9-18-8-10-2-4-17-5-3-10;;/h6-7,10,17-18H,2-5,8-9H2,1H3;2*1H/p-2. The average Bonchev–Trinajstić information content (AvgIpc) is 2.39. The number of nitrogens with one attached hydrogen (secondary N) is 2. The lowest BCUT2D eigenvalue weighted by atomic mass is 9.98. The molecule has 3 nitrogen and oxygen atoms in total. The minimum atomic E-state index is 0. The van der Waals surface area contributed by atoms with Gasteiger partial charge >= 0.3 is 0 Å². The van der Waals surface area contributed by atoms with Crippen LogP contribution in [0.15, 0.2) is 12.1 Å². The molecule has 1 aliphatic rings. The molecule has 0 spiro atoms. The molecule has 0 bridgehead atoms. The van der Waals surface area contributed by atoms with E-state index in [4.69, 9.17) is 27.9 Å². The van der Waals surface area contributed by atoms with Gasteiger partial charge in [-0.2, -0.15) is 0 Å². The monoisotopic (exact) mass is 372 g/mol. The first-order valence-electron chi connectivity index (χ1n) is 6.64. The molecule has 1 fully saturated rings. The summed E-state index contributed by atoms with van der Waals surface area (Å²) >= 11 is 12.1. The maximum absolute atomic E-state index is 6.12. The van der Waals surface area contributed by atoms with Gasteiger partial charge in [0.05, 0.1) is 12.1 Å². The first-order chi connectivity index (χ1) is 9.20. The summed E-state index contributed by atoms with van der Waals surface area (Å²) < 4.78 is 5.33. The quantitative estimate of drug-likeness (QED) is 0.581. The number of hydrogen-bond donors (Lipinski definition) is 2. The molecule has 0 saturated carbocycles. The van der Waals surface area contributed by atoms with Gasteiger partial charge in [0.1, 0.15) is 5.75 Å². The van der Waals surface area contributed by atoms with E-state index in [9.17, 15) is 0 Å². The first kappa shape index (κ1) is 21.1. The molecule has 7 heteroatoms. The van der Waals surface area contributed by atoms with Crippen LogP contribution in [0.5, 0.6) is 5.75 Å². The van der Waals surface area contributed by atoms with Crippen LogP contribution in [0, 0.1) is 5.92 Å². The Hall–Kier alpha value is 0.1000. The van der Waals surface area contributed by atoms with Gasteiger partial charge in [0.15, 0.2) is 0 Å². The zero-order chi connectivity index (χ0) is 13.7. The minimum Gasteiger partial charge on any atom is -1.00 e. The Morgan fingerprint density at radius 3 is 2.52 bits per heavy atom. The normalized spacial score (nSPS) is 15.0. The third-order valence-electron chi connectivity index (χ3n) is 3.50. The van der Waals surface area contributed by atoms with Crippen LogP contribution in [-0.2, 0) is 6.54 Å². The summed E-state index contributed by atoms with van der Waals surface area (Å²) in [6, 6.07) is 3.61. The summed E-state index contributed by atoms with van der Waals surface area (Å²) in [6.45, 7) is 4.00. The fourth-order valence-electron chi connectivity index (χ4n) is 2.47. The van der Waals surface area contributed by atoms with E-state index in [0.717, 1.165) is 37.7 Å². The molecule has 2 rings (SSSR count). The summed E-state index contributed by atoms with van der Waals surface area (Å²) in [5, 5.41) is 8.06. The molecule has 0 aliphatic carbocycles. The van der Waals surface area contributed by atoms with Crippen LogP contribution in [0.4, 0.5) is 0 Å². The molecule has 2 N–H and O–H groups in total. The van der Waals surface area contributed by atoms with E-state index in [1.807, 2.05) is 6.07 Å². The molecule has 1 saturated heterocycles. The average molecular weight is 374 g/mol. The predicted molar refractivity (Wildman–Crippen MR) is 80.3 cm³/mol. The van der Waals surface area contributed by atoms with Crippen LogP contribution in [0.3, 0.4) is 0 Å². The molecule has 122 valence electrons. The van der Waals surface area contributed by atoms with E-state index in [-0.39, 0.29) is 24.8 Å². The fraction of sp³-hybridized carbons (Fsp3) is 0.571. The number of rotatable bonds is 5. The number of benzene rings is 1. The molecule has 1 aliphatic heterocycles. The fourth-order valence-corrected chi connectivity index (χ4v) is 3.08. The van der Waals surface area contributed by atoms with E-state index in [0.29, 0.717) is 15.8 Å². The second kappa shape index (κ2) is 10.8. The van der Waals surface area contributed by atoms with Gasteiger partial charge in [0.25, 0.3) is 0 Å². The van der Waals surface area contributed by atoms with Gasteiger partial charge in [-0.3, -0.25) is 0 Å². The van der Waals surface area contributed by atoms with Crippen LogP contribution in [0.2, 0.25) is 10.0 Å². The zero-order valence-electron chi connectivity index (χ0n) is 11.9. The lowest BCUT2D eigenvalue weighted by Crippen LogP contribution is -3.00. The largest absolute Gasteiger partial charge is 1.00 e. The lowest BCUT2D eigenvalue weighted by molar-refractivity contribution is -0.00100. The number of halogens is 4. The van der Waals surface area contributed by atoms with E-state index in [1.54, 1.807) is 13.2 Å². The third-order valence-corrected chi connectivity index (χ3v) is 4.00. The molecule has 1 aromatic rings. The van der Waals surface area contributed by atoms with Crippen molar-refractivity contribution in [3.8, 4) is 5.75 Å². The van der Waals surface area contributed by atoms with Gasteiger partial charge < -0.3 is 40.2 Å². The Bertz CT molecular complexity index is 426. The van der Waals surface area contributed by atoms with Crippen LogP contribution in [-0.4, -0.2) is 26.7 Å². The van der Waals surface area contributed by atoms with Crippen LogP contribution in [0.25, 0.3) is 0 Å². The molecule has 21 heavy (non-hydrogen) atoms.